The van der Waals surface area contributed by atoms with E-state index in [4.69, 9.17) is 0 Å². The highest BCUT2D eigenvalue weighted by Gasteiger charge is 2.14. The summed E-state index contributed by atoms with van der Waals surface area (Å²) in [6.07, 6.45) is -2.44. The lowest BCUT2D eigenvalue weighted by Gasteiger charge is -2.07. The summed E-state index contributed by atoms with van der Waals surface area (Å²) in [5.41, 5.74) is 1.24. The summed E-state index contributed by atoms with van der Waals surface area (Å²) >= 11 is 5.26. The number of halogens is 4. The van der Waals surface area contributed by atoms with Crippen LogP contribution in [0.1, 0.15) is 23.4 Å². The Morgan fingerprint density at radius 1 is 1.62 bits per heavy atom. The van der Waals surface area contributed by atoms with Crippen LogP contribution in [0.25, 0.3) is 0 Å². The van der Waals surface area contributed by atoms with Gasteiger partial charge in [-0.3, -0.25) is 4.98 Å². The Morgan fingerprint density at radius 2 is 2.23 bits per heavy atom. The standard InChI is InChI=1S/C8H7BrF2IN/c1-4-5(8(10)11)2-6(12)7(3-9)13-4/h2,8H,3H2,1H3. The van der Waals surface area contributed by atoms with Crippen LogP contribution in [0.4, 0.5) is 8.78 Å². The van der Waals surface area contributed by atoms with Gasteiger partial charge in [-0.1, -0.05) is 15.9 Å². The first kappa shape index (κ1) is 11.3. The van der Waals surface area contributed by atoms with E-state index in [1.165, 1.54) is 6.07 Å². The van der Waals surface area contributed by atoms with Crippen LogP contribution in [0, 0.1) is 10.5 Å². The maximum atomic E-state index is 12.4. The van der Waals surface area contributed by atoms with Crippen molar-refractivity contribution < 1.29 is 8.78 Å². The molecule has 0 aliphatic heterocycles. The second kappa shape index (κ2) is 4.63. The molecule has 13 heavy (non-hydrogen) atoms. The highest BCUT2D eigenvalue weighted by atomic mass is 127. The molecular weight excluding hydrogens is 355 g/mol. The maximum Gasteiger partial charge on any atom is 0.265 e. The van der Waals surface area contributed by atoms with Crippen molar-refractivity contribution in [2.45, 2.75) is 18.7 Å². The molecule has 72 valence electrons. The Bertz CT molecular complexity index is 317. The first-order valence-electron chi connectivity index (χ1n) is 3.56. The number of nitrogens with zero attached hydrogens (tertiary/aromatic N) is 1. The minimum atomic E-state index is -2.44. The van der Waals surface area contributed by atoms with E-state index in [9.17, 15) is 8.78 Å². The molecule has 0 saturated carbocycles. The average molecular weight is 362 g/mol. The lowest BCUT2D eigenvalue weighted by molar-refractivity contribution is 0.150. The molecule has 0 atom stereocenters. The zero-order chi connectivity index (χ0) is 10.0. The van der Waals surface area contributed by atoms with Gasteiger partial charge in [-0.05, 0) is 35.6 Å². The zero-order valence-electron chi connectivity index (χ0n) is 6.82. The summed E-state index contributed by atoms with van der Waals surface area (Å²) in [6, 6.07) is 1.49. The number of hydrogen-bond donors (Lipinski definition) is 0. The van der Waals surface area contributed by atoms with Crippen LogP contribution in [0.15, 0.2) is 6.07 Å². The van der Waals surface area contributed by atoms with Crippen molar-refractivity contribution in [3.05, 3.63) is 26.6 Å². The number of pyridine rings is 1. The fourth-order valence-corrected chi connectivity index (χ4v) is 2.56. The molecule has 0 radical (unpaired) electrons. The van der Waals surface area contributed by atoms with Crippen molar-refractivity contribution in [2.24, 2.45) is 0 Å². The summed E-state index contributed by atoms with van der Waals surface area (Å²) < 4.78 is 25.6. The van der Waals surface area contributed by atoms with E-state index in [1.807, 2.05) is 22.6 Å². The molecule has 0 unspecified atom stereocenters. The predicted octanol–water partition coefficient (Wildman–Crippen LogP) is 3.83. The molecule has 0 amide bonds. The smallest absolute Gasteiger partial charge is 0.256 e. The lowest BCUT2D eigenvalue weighted by Crippen LogP contribution is -1.99. The van der Waals surface area contributed by atoms with E-state index >= 15 is 0 Å². The van der Waals surface area contributed by atoms with Crippen LogP contribution in [-0.2, 0) is 5.33 Å². The van der Waals surface area contributed by atoms with Gasteiger partial charge in [0.15, 0.2) is 0 Å². The van der Waals surface area contributed by atoms with E-state index in [-0.39, 0.29) is 5.56 Å². The van der Waals surface area contributed by atoms with Gasteiger partial charge in [0, 0.05) is 20.2 Å². The highest BCUT2D eigenvalue weighted by Crippen LogP contribution is 2.25. The van der Waals surface area contributed by atoms with Gasteiger partial charge >= 0.3 is 0 Å². The average Bonchev–Trinajstić information content (AvgIpc) is 2.07. The molecule has 1 nitrogen and oxygen atoms in total. The van der Waals surface area contributed by atoms with Gasteiger partial charge in [0.1, 0.15) is 0 Å². The van der Waals surface area contributed by atoms with Crippen molar-refractivity contribution in [2.75, 3.05) is 0 Å². The monoisotopic (exact) mass is 361 g/mol. The van der Waals surface area contributed by atoms with Gasteiger partial charge in [-0.25, -0.2) is 8.78 Å². The lowest BCUT2D eigenvalue weighted by atomic mass is 10.2. The molecule has 0 aliphatic rings. The van der Waals surface area contributed by atoms with Crippen molar-refractivity contribution in [3.8, 4) is 0 Å². The van der Waals surface area contributed by atoms with Gasteiger partial charge < -0.3 is 0 Å². The van der Waals surface area contributed by atoms with Gasteiger partial charge in [-0.15, -0.1) is 0 Å². The van der Waals surface area contributed by atoms with Crippen LogP contribution >= 0.6 is 38.5 Å². The fourth-order valence-electron chi connectivity index (χ4n) is 0.959. The largest absolute Gasteiger partial charge is 0.265 e. The molecule has 0 saturated heterocycles. The molecule has 1 heterocycles. The Hall–Kier alpha value is 0.220. The van der Waals surface area contributed by atoms with E-state index in [0.29, 0.717) is 11.0 Å². The molecule has 1 aromatic rings. The number of aryl methyl sites for hydroxylation is 1. The second-order valence-electron chi connectivity index (χ2n) is 2.53. The molecule has 0 fully saturated rings. The SMILES string of the molecule is Cc1nc(CBr)c(I)cc1C(F)F. The molecule has 1 rings (SSSR count). The third-order valence-corrected chi connectivity index (χ3v) is 3.11. The van der Waals surface area contributed by atoms with Crippen molar-refractivity contribution in [3.63, 3.8) is 0 Å². The van der Waals surface area contributed by atoms with E-state index in [0.717, 1.165) is 9.26 Å². The third-order valence-electron chi connectivity index (χ3n) is 1.64. The van der Waals surface area contributed by atoms with Gasteiger partial charge in [0.05, 0.1) is 5.69 Å². The topological polar surface area (TPSA) is 12.9 Å². The van der Waals surface area contributed by atoms with Crippen LogP contribution in [0.2, 0.25) is 0 Å². The molecule has 0 aromatic carbocycles. The Kier molecular flexibility index (Phi) is 4.03. The first-order chi connectivity index (χ1) is 6.06. The maximum absolute atomic E-state index is 12.4. The van der Waals surface area contributed by atoms with Gasteiger partial charge in [0.2, 0.25) is 0 Å². The van der Waals surface area contributed by atoms with E-state index in [2.05, 4.69) is 20.9 Å². The first-order valence-corrected chi connectivity index (χ1v) is 5.76. The van der Waals surface area contributed by atoms with Crippen molar-refractivity contribution in [1.82, 2.24) is 4.98 Å². The molecule has 5 heteroatoms. The second-order valence-corrected chi connectivity index (χ2v) is 4.25. The van der Waals surface area contributed by atoms with Gasteiger partial charge in [-0.2, -0.15) is 0 Å². The molecule has 0 spiro atoms. The Balaban J connectivity index is 3.20. The number of hydrogen-bond acceptors (Lipinski definition) is 1. The van der Waals surface area contributed by atoms with Gasteiger partial charge in [0.25, 0.3) is 6.43 Å². The van der Waals surface area contributed by atoms with Crippen molar-refractivity contribution >= 4 is 38.5 Å². The van der Waals surface area contributed by atoms with Crippen LogP contribution in [-0.4, -0.2) is 4.98 Å². The summed E-state index contributed by atoms with van der Waals surface area (Å²) in [7, 11) is 0. The predicted molar refractivity (Wildman–Crippen MR) is 59.3 cm³/mol. The molecule has 0 bridgehead atoms. The zero-order valence-corrected chi connectivity index (χ0v) is 10.6. The summed E-state index contributed by atoms with van der Waals surface area (Å²) in [6.45, 7) is 1.60. The van der Waals surface area contributed by atoms with Crippen LogP contribution < -0.4 is 0 Å². The minimum absolute atomic E-state index is 0.0223. The normalized spacial score (nSPS) is 10.9. The Labute approximate surface area is 97.2 Å². The van der Waals surface area contributed by atoms with E-state index < -0.39 is 6.43 Å². The summed E-state index contributed by atoms with van der Waals surface area (Å²) in [4.78, 5) is 4.08. The third kappa shape index (κ3) is 2.59. The summed E-state index contributed by atoms with van der Waals surface area (Å²) in [5, 5.41) is 0.593. The van der Waals surface area contributed by atoms with Crippen LogP contribution in [0.5, 0.6) is 0 Å². The highest BCUT2D eigenvalue weighted by molar-refractivity contribution is 14.1. The Morgan fingerprint density at radius 3 is 2.69 bits per heavy atom. The quantitative estimate of drug-likeness (QED) is 0.576. The molecule has 1 aromatic heterocycles. The van der Waals surface area contributed by atoms with Crippen LogP contribution in [0.3, 0.4) is 0 Å². The fraction of sp³-hybridized carbons (Fsp3) is 0.375. The number of alkyl halides is 3. The van der Waals surface area contributed by atoms with Crippen molar-refractivity contribution in [1.29, 1.82) is 0 Å². The number of aromatic nitrogens is 1. The molecule has 0 N–H and O–H groups in total. The summed E-state index contributed by atoms with van der Waals surface area (Å²) in [5.74, 6) is 0. The molecular formula is C8H7BrF2IN. The molecule has 0 aliphatic carbocycles. The number of rotatable bonds is 2. The minimum Gasteiger partial charge on any atom is -0.256 e. The van der Waals surface area contributed by atoms with E-state index in [1.54, 1.807) is 6.92 Å².